The molecular formula is C14H21N3O3. The third-order valence-electron chi connectivity index (χ3n) is 2.97. The number of carbonyl (C=O) groups excluding carboxylic acids is 1. The first kappa shape index (κ1) is 14.4. The highest BCUT2D eigenvalue weighted by molar-refractivity contribution is 5.68. The van der Waals surface area contributed by atoms with E-state index in [0.717, 1.165) is 13.0 Å². The molecule has 0 bridgehead atoms. The number of aromatic nitrogens is 1. The van der Waals surface area contributed by atoms with Crippen molar-refractivity contribution in [3.05, 3.63) is 18.3 Å². The van der Waals surface area contributed by atoms with E-state index in [1.165, 1.54) is 0 Å². The molecular weight excluding hydrogens is 258 g/mol. The van der Waals surface area contributed by atoms with Crippen molar-refractivity contribution in [3.8, 4) is 5.75 Å². The molecule has 0 radical (unpaired) electrons. The molecule has 1 aromatic heterocycles. The minimum atomic E-state index is -0.498. The van der Waals surface area contributed by atoms with E-state index >= 15 is 0 Å². The van der Waals surface area contributed by atoms with Gasteiger partial charge in [0.1, 0.15) is 5.60 Å². The maximum atomic E-state index is 11.7. The van der Waals surface area contributed by atoms with E-state index in [1.54, 1.807) is 18.3 Å². The largest absolute Gasteiger partial charge is 0.504 e. The number of anilines is 1. The molecule has 0 saturated carbocycles. The Kier molecular flexibility index (Phi) is 4.01. The lowest BCUT2D eigenvalue weighted by Gasteiger charge is -2.22. The number of hydrogen-bond donors (Lipinski definition) is 2. The van der Waals surface area contributed by atoms with E-state index in [4.69, 9.17) is 4.74 Å². The van der Waals surface area contributed by atoms with Crippen molar-refractivity contribution in [2.45, 2.75) is 38.8 Å². The standard InChI is InChI=1S/C14H21N3O3/c1-14(2,3)20-13(19)16-10-6-8-17(9-10)12-11(18)5-4-7-15-12/h4-5,7,10,18H,6,8-9H2,1-3H3,(H,16,19). The lowest BCUT2D eigenvalue weighted by Crippen LogP contribution is -2.40. The number of hydrogen-bond acceptors (Lipinski definition) is 5. The molecule has 2 N–H and O–H groups in total. The SMILES string of the molecule is CC(C)(C)OC(=O)NC1CCN(c2ncccc2O)C1. The van der Waals surface area contributed by atoms with Crippen LogP contribution in [-0.4, -0.2) is 40.9 Å². The Labute approximate surface area is 118 Å². The second kappa shape index (κ2) is 5.56. The van der Waals surface area contributed by atoms with Crippen LogP contribution in [0, 0.1) is 0 Å². The molecule has 6 heteroatoms. The molecule has 1 amide bonds. The summed E-state index contributed by atoms with van der Waals surface area (Å²) in [7, 11) is 0. The van der Waals surface area contributed by atoms with E-state index in [1.807, 2.05) is 25.7 Å². The van der Waals surface area contributed by atoms with Gasteiger partial charge in [-0.25, -0.2) is 9.78 Å². The fraction of sp³-hybridized carbons (Fsp3) is 0.571. The minimum Gasteiger partial charge on any atom is -0.504 e. The van der Waals surface area contributed by atoms with Crippen LogP contribution in [0.5, 0.6) is 5.75 Å². The summed E-state index contributed by atoms with van der Waals surface area (Å²) in [6.45, 7) is 6.85. The fourth-order valence-electron chi connectivity index (χ4n) is 2.18. The van der Waals surface area contributed by atoms with Gasteiger partial charge in [0.05, 0.1) is 6.04 Å². The number of amides is 1. The molecule has 1 atom stereocenters. The first-order valence-electron chi connectivity index (χ1n) is 6.73. The summed E-state index contributed by atoms with van der Waals surface area (Å²) in [5.41, 5.74) is -0.498. The Morgan fingerprint density at radius 3 is 2.95 bits per heavy atom. The number of nitrogens with one attached hydrogen (secondary N) is 1. The van der Waals surface area contributed by atoms with Gasteiger partial charge in [-0.1, -0.05) is 0 Å². The molecule has 6 nitrogen and oxygen atoms in total. The molecule has 20 heavy (non-hydrogen) atoms. The van der Waals surface area contributed by atoms with Crippen molar-refractivity contribution in [2.75, 3.05) is 18.0 Å². The number of pyridine rings is 1. The van der Waals surface area contributed by atoms with E-state index in [9.17, 15) is 9.90 Å². The second-order valence-corrected chi connectivity index (χ2v) is 5.92. The Hall–Kier alpha value is -1.98. The molecule has 0 aliphatic carbocycles. The summed E-state index contributed by atoms with van der Waals surface area (Å²) < 4.78 is 5.23. The molecule has 1 aromatic rings. The van der Waals surface area contributed by atoms with E-state index in [0.29, 0.717) is 12.4 Å². The maximum absolute atomic E-state index is 11.7. The zero-order valence-corrected chi connectivity index (χ0v) is 12.1. The van der Waals surface area contributed by atoms with Gasteiger partial charge in [-0.05, 0) is 39.3 Å². The summed E-state index contributed by atoms with van der Waals surface area (Å²) in [4.78, 5) is 17.8. The Balaban J connectivity index is 1.90. The lowest BCUT2D eigenvalue weighted by molar-refractivity contribution is 0.0509. The Morgan fingerprint density at radius 2 is 2.30 bits per heavy atom. The molecule has 1 unspecified atom stereocenters. The fourth-order valence-corrected chi connectivity index (χ4v) is 2.18. The molecule has 110 valence electrons. The average Bonchev–Trinajstić information content (AvgIpc) is 2.75. The normalized spacial score (nSPS) is 18.9. The van der Waals surface area contributed by atoms with Gasteiger partial charge < -0.3 is 20.1 Å². The van der Waals surface area contributed by atoms with Crippen LogP contribution in [0.4, 0.5) is 10.6 Å². The van der Waals surface area contributed by atoms with Crippen LogP contribution < -0.4 is 10.2 Å². The number of alkyl carbamates (subject to hydrolysis) is 1. The number of carbonyl (C=O) groups is 1. The van der Waals surface area contributed by atoms with Gasteiger partial charge in [0, 0.05) is 19.3 Å². The van der Waals surface area contributed by atoms with Crippen LogP contribution in [0.3, 0.4) is 0 Å². The number of nitrogens with zero attached hydrogens (tertiary/aromatic N) is 2. The van der Waals surface area contributed by atoms with Gasteiger partial charge in [-0.2, -0.15) is 0 Å². The van der Waals surface area contributed by atoms with Crippen molar-refractivity contribution in [1.82, 2.24) is 10.3 Å². The molecule has 2 rings (SSSR count). The molecule has 0 aromatic carbocycles. The second-order valence-electron chi connectivity index (χ2n) is 5.92. The Morgan fingerprint density at radius 1 is 1.55 bits per heavy atom. The third kappa shape index (κ3) is 3.76. The Bertz CT molecular complexity index is 485. The maximum Gasteiger partial charge on any atom is 0.407 e. The summed E-state index contributed by atoms with van der Waals surface area (Å²) in [5, 5.41) is 12.6. The van der Waals surface area contributed by atoms with Gasteiger partial charge in [0.15, 0.2) is 11.6 Å². The van der Waals surface area contributed by atoms with Crippen molar-refractivity contribution in [2.24, 2.45) is 0 Å². The summed E-state index contributed by atoms with van der Waals surface area (Å²) in [6.07, 6.45) is 2.04. The van der Waals surface area contributed by atoms with Gasteiger partial charge in [0.25, 0.3) is 0 Å². The highest BCUT2D eigenvalue weighted by Crippen LogP contribution is 2.26. The van der Waals surface area contributed by atoms with Crippen LogP contribution >= 0.6 is 0 Å². The van der Waals surface area contributed by atoms with Crippen molar-refractivity contribution < 1.29 is 14.6 Å². The molecule has 1 aliphatic rings. The topological polar surface area (TPSA) is 74.7 Å². The van der Waals surface area contributed by atoms with E-state index in [2.05, 4.69) is 10.3 Å². The number of ether oxygens (including phenoxy) is 1. The highest BCUT2D eigenvalue weighted by Gasteiger charge is 2.27. The summed E-state index contributed by atoms with van der Waals surface area (Å²) >= 11 is 0. The molecule has 1 aliphatic heterocycles. The highest BCUT2D eigenvalue weighted by atomic mass is 16.6. The smallest absolute Gasteiger partial charge is 0.407 e. The van der Waals surface area contributed by atoms with E-state index in [-0.39, 0.29) is 11.8 Å². The summed E-state index contributed by atoms with van der Waals surface area (Å²) in [5.74, 6) is 0.714. The number of rotatable bonds is 2. The van der Waals surface area contributed by atoms with E-state index < -0.39 is 11.7 Å². The molecule has 2 heterocycles. The number of aromatic hydroxyl groups is 1. The summed E-state index contributed by atoms with van der Waals surface area (Å²) in [6, 6.07) is 3.30. The van der Waals surface area contributed by atoms with Gasteiger partial charge in [0.2, 0.25) is 0 Å². The van der Waals surface area contributed by atoms with Gasteiger partial charge in [-0.15, -0.1) is 0 Å². The first-order valence-corrected chi connectivity index (χ1v) is 6.73. The molecule has 1 fully saturated rings. The van der Waals surface area contributed by atoms with Gasteiger partial charge in [-0.3, -0.25) is 0 Å². The van der Waals surface area contributed by atoms with Crippen molar-refractivity contribution in [1.29, 1.82) is 0 Å². The van der Waals surface area contributed by atoms with Crippen LogP contribution in [0.1, 0.15) is 27.2 Å². The van der Waals surface area contributed by atoms with Crippen molar-refractivity contribution >= 4 is 11.9 Å². The predicted molar refractivity (Wildman–Crippen MR) is 75.9 cm³/mol. The van der Waals surface area contributed by atoms with Crippen LogP contribution in [0.25, 0.3) is 0 Å². The molecule has 0 spiro atoms. The van der Waals surface area contributed by atoms with Crippen molar-refractivity contribution in [3.63, 3.8) is 0 Å². The quantitative estimate of drug-likeness (QED) is 0.864. The molecule has 1 saturated heterocycles. The first-order chi connectivity index (χ1) is 9.35. The minimum absolute atomic E-state index is 0.00579. The third-order valence-corrected chi connectivity index (χ3v) is 2.97. The van der Waals surface area contributed by atoms with Gasteiger partial charge >= 0.3 is 6.09 Å². The lowest BCUT2D eigenvalue weighted by atomic mass is 10.2. The zero-order chi connectivity index (χ0) is 14.8. The monoisotopic (exact) mass is 279 g/mol. The van der Waals surface area contributed by atoms with Crippen LogP contribution in [0.15, 0.2) is 18.3 Å². The van der Waals surface area contributed by atoms with Crippen LogP contribution in [0.2, 0.25) is 0 Å². The van der Waals surface area contributed by atoms with Crippen LogP contribution in [-0.2, 0) is 4.74 Å². The predicted octanol–water partition coefficient (Wildman–Crippen LogP) is 1.89. The zero-order valence-electron chi connectivity index (χ0n) is 12.1. The average molecular weight is 279 g/mol.